The van der Waals surface area contributed by atoms with E-state index < -0.39 is 0 Å². The smallest absolute Gasteiger partial charge is 0.224 e. The van der Waals surface area contributed by atoms with E-state index in [1.807, 2.05) is 11.8 Å². The lowest BCUT2D eigenvalue weighted by molar-refractivity contribution is -0.131. The molecule has 0 spiro atoms. The molecule has 0 saturated heterocycles. The van der Waals surface area contributed by atoms with Crippen molar-refractivity contribution in [2.24, 2.45) is 4.99 Å². The Bertz CT molecular complexity index is 771. The van der Waals surface area contributed by atoms with E-state index >= 15 is 0 Å². The van der Waals surface area contributed by atoms with Crippen LogP contribution in [-0.2, 0) is 24.3 Å². The van der Waals surface area contributed by atoms with Gasteiger partial charge in [0.25, 0.3) is 0 Å². The Morgan fingerprint density at radius 3 is 2.89 bits per heavy atom. The number of carbonyl (C=O) groups excluding carboxylic acids is 1. The number of guanidine groups is 1. The number of aliphatic imine (C=N–C) groups is 1. The Kier molecular flexibility index (Phi) is 9.04. The summed E-state index contributed by atoms with van der Waals surface area (Å²) in [5.41, 5.74) is 1.31. The van der Waals surface area contributed by atoms with Gasteiger partial charge in [0.1, 0.15) is 0 Å². The fourth-order valence-corrected chi connectivity index (χ4v) is 4.68. The number of nitrogens with one attached hydrogen (secondary N) is 2. The third-order valence-electron chi connectivity index (χ3n) is 4.32. The number of hydrogen-bond acceptors (Lipinski definition) is 4. The normalized spacial score (nSPS) is 13.7. The summed E-state index contributed by atoms with van der Waals surface area (Å²) < 4.78 is 0. The Morgan fingerprint density at radius 2 is 2.15 bits per heavy atom. The van der Waals surface area contributed by atoms with E-state index in [2.05, 4.69) is 46.1 Å². The van der Waals surface area contributed by atoms with Crippen LogP contribution in [0.1, 0.15) is 33.5 Å². The van der Waals surface area contributed by atoms with E-state index in [-0.39, 0.29) is 29.9 Å². The van der Waals surface area contributed by atoms with E-state index in [4.69, 9.17) is 0 Å². The molecule has 1 amide bonds. The van der Waals surface area contributed by atoms with Gasteiger partial charge in [0.05, 0.1) is 6.54 Å². The molecular formula is C19H27IN4OS2. The molecule has 27 heavy (non-hydrogen) atoms. The molecule has 5 nitrogen and oxygen atoms in total. The summed E-state index contributed by atoms with van der Waals surface area (Å²) in [6.07, 6.45) is 1.47. The monoisotopic (exact) mass is 518 g/mol. The summed E-state index contributed by atoms with van der Waals surface area (Å²) >= 11 is 3.57. The lowest BCUT2D eigenvalue weighted by Gasteiger charge is -2.27. The lowest BCUT2D eigenvalue weighted by atomic mass is 10.1. The van der Waals surface area contributed by atoms with Gasteiger partial charge in [-0.1, -0.05) is 0 Å². The van der Waals surface area contributed by atoms with Crippen molar-refractivity contribution in [2.75, 3.05) is 19.6 Å². The van der Waals surface area contributed by atoms with Crippen LogP contribution in [0, 0.1) is 6.92 Å². The van der Waals surface area contributed by atoms with Crippen molar-refractivity contribution in [1.29, 1.82) is 0 Å². The van der Waals surface area contributed by atoms with E-state index in [0.29, 0.717) is 19.5 Å². The minimum Gasteiger partial charge on any atom is -0.357 e. The van der Waals surface area contributed by atoms with Crippen molar-refractivity contribution in [3.63, 3.8) is 0 Å². The van der Waals surface area contributed by atoms with E-state index in [9.17, 15) is 4.79 Å². The zero-order chi connectivity index (χ0) is 18.4. The Balaban J connectivity index is 0.00000261. The van der Waals surface area contributed by atoms with Crippen LogP contribution in [-0.4, -0.2) is 36.4 Å². The van der Waals surface area contributed by atoms with E-state index in [0.717, 1.165) is 32.0 Å². The Morgan fingerprint density at radius 1 is 1.30 bits per heavy atom. The molecule has 0 aliphatic carbocycles. The number of fused-ring (bicyclic) bond motifs is 1. The summed E-state index contributed by atoms with van der Waals surface area (Å²) in [4.78, 5) is 23.0. The zero-order valence-electron chi connectivity index (χ0n) is 15.8. The van der Waals surface area contributed by atoms with Gasteiger partial charge in [-0.05, 0) is 49.4 Å². The van der Waals surface area contributed by atoms with Gasteiger partial charge < -0.3 is 15.5 Å². The summed E-state index contributed by atoms with van der Waals surface area (Å²) in [5.74, 6) is 0.976. The third-order valence-corrected chi connectivity index (χ3v) is 6.33. The molecule has 0 aromatic carbocycles. The molecule has 8 heteroatoms. The molecule has 0 fully saturated rings. The second-order valence-corrected chi connectivity index (χ2v) is 8.69. The predicted octanol–water partition coefficient (Wildman–Crippen LogP) is 3.77. The van der Waals surface area contributed by atoms with Gasteiger partial charge in [0.2, 0.25) is 5.91 Å². The maximum absolute atomic E-state index is 12.5. The predicted molar refractivity (Wildman–Crippen MR) is 125 cm³/mol. The summed E-state index contributed by atoms with van der Waals surface area (Å²) in [7, 11) is 0. The molecule has 0 unspecified atom stereocenters. The van der Waals surface area contributed by atoms with Crippen LogP contribution in [0.15, 0.2) is 28.6 Å². The number of hydrogen-bond donors (Lipinski definition) is 2. The number of thiophene rings is 2. The number of carbonyl (C=O) groups is 1. The largest absolute Gasteiger partial charge is 0.357 e. The maximum Gasteiger partial charge on any atom is 0.224 e. The van der Waals surface area contributed by atoms with Gasteiger partial charge in [-0.25, -0.2) is 4.99 Å². The van der Waals surface area contributed by atoms with Gasteiger partial charge in [0, 0.05) is 47.2 Å². The second kappa shape index (κ2) is 11.0. The molecule has 2 N–H and O–H groups in total. The van der Waals surface area contributed by atoms with Gasteiger partial charge in [-0.15, -0.1) is 46.7 Å². The molecule has 0 bridgehead atoms. The van der Waals surface area contributed by atoms with Crippen LogP contribution in [0.25, 0.3) is 0 Å². The highest BCUT2D eigenvalue weighted by Crippen LogP contribution is 2.24. The van der Waals surface area contributed by atoms with Gasteiger partial charge >= 0.3 is 0 Å². The molecule has 1 aliphatic rings. The van der Waals surface area contributed by atoms with Crippen LogP contribution in [0.5, 0.6) is 0 Å². The third kappa shape index (κ3) is 6.46. The average molecular weight is 518 g/mol. The molecule has 2 aromatic heterocycles. The number of rotatable bonds is 6. The molecule has 0 saturated carbocycles. The fraction of sp³-hybridized carbons (Fsp3) is 0.474. The van der Waals surface area contributed by atoms with Gasteiger partial charge in [-0.2, -0.15) is 0 Å². The number of nitrogens with zero attached hydrogens (tertiary/aromatic N) is 2. The molecule has 0 atom stereocenters. The summed E-state index contributed by atoms with van der Waals surface area (Å²) in [6, 6.07) is 6.37. The van der Waals surface area contributed by atoms with E-state index in [1.54, 1.807) is 22.7 Å². The highest BCUT2D eigenvalue weighted by molar-refractivity contribution is 14.0. The average Bonchev–Trinajstić information content (AvgIpc) is 3.27. The molecule has 1 aliphatic heterocycles. The highest BCUT2D eigenvalue weighted by Gasteiger charge is 2.20. The Labute approximate surface area is 186 Å². The minimum atomic E-state index is 0. The van der Waals surface area contributed by atoms with Crippen LogP contribution in [0.2, 0.25) is 0 Å². The summed E-state index contributed by atoms with van der Waals surface area (Å²) in [6.45, 7) is 7.80. The molecule has 148 valence electrons. The molecule has 2 aromatic rings. The van der Waals surface area contributed by atoms with Crippen molar-refractivity contribution in [3.8, 4) is 0 Å². The Hall–Kier alpha value is -1.13. The van der Waals surface area contributed by atoms with Crippen LogP contribution < -0.4 is 10.6 Å². The first-order valence-electron chi connectivity index (χ1n) is 9.06. The molecular weight excluding hydrogens is 491 g/mol. The molecule has 0 radical (unpaired) electrons. The fourth-order valence-electron chi connectivity index (χ4n) is 2.98. The first-order valence-corrected chi connectivity index (χ1v) is 10.8. The van der Waals surface area contributed by atoms with Crippen LogP contribution >= 0.6 is 46.7 Å². The first kappa shape index (κ1) is 22.2. The molecule has 3 heterocycles. The van der Waals surface area contributed by atoms with Crippen LogP contribution in [0.4, 0.5) is 0 Å². The maximum atomic E-state index is 12.5. The van der Waals surface area contributed by atoms with Crippen molar-refractivity contribution in [2.45, 2.75) is 39.8 Å². The van der Waals surface area contributed by atoms with E-state index in [1.165, 1.54) is 20.2 Å². The quantitative estimate of drug-likeness (QED) is 0.348. The number of halogens is 1. The highest BCUT2D eigenvalue weighted by atomic mass is 127. The minimum absolute atomic E-state index is 0. The van der Waals surface area contributed by atoms with Crippen molar-refractivity contribution in [3.05, 3.63) is 43.8 Å². The summed E-state index contributed by atoms with van der Waals surface area (Å²) in [5, 5.41) is 8.64. The lowest BCUT2D eigenvalue weighted by Crippen LogP contribution is -2.41. The number of aryl methyl sites for hydroxylation is 1. The second-order valence-electron chi connectivity index (χ2n) is 6.32. The van der Waals surface area contributed by atoms with Gasteiger partial charge in [0.15, 0.2) is 5.96 Å². The standard InChI is InChI=1S/C19H26N4OS2.HI/c1-3-20-19(22-12-16-5-4-14(2)26-16)21-9-6-18(24)23-10-7-17-15(13-23)8-11-25-17;/h4-5,8,11H,3,6-7,9-10,12-13H2,1-2H3,(H2,20,21,22);1H. The van der Waals surface area contributed by atoms with Crippen molar-refractivity contribution >= 4 is 58.5 Å². The molecule has 3 rings (SSSR count). The number of amides is 1. The van der Waals surface area contributed by atoms with Gasteiger partial charge in [-0.3, -0.25) is 4.79 Å². The van der Waals surface area contributed by atoms with Crippen LogP contribution in [0.3, 0.4) is 0 Å². The topological polar surface area (TPSA) is 56.7 Å². The zero-order valence-corrected chi connectivity index (χ0v) is 19.7. The van der Waals surface area contributed by atoms with Crippen molar-refractivity contribution < 1.29 is 4.79 Å². The first-order chi connectivity index (χ1) is 12.7. The van der Waals surface area contributed by atoms with Crippen molar-refractivity contribution in [1.82, 2.24) is 15.5 Å². The SMILES string of the molecule is CCNC(=NCc1ccc(C)s1)NCCC(=O)N1CCc2sccc2C1.I.